The second kappa shape index (κ2) is 6.38. The van der Waals surface area contributed by atoms with E-state index in [1.165, 1.54) is 0 Å². The van der Waals surface area contributed by atoms with E-state index in [0.717, 1.165) is 24.0 Å². The van der Waals surface area contributed by atoms with Crippen molar-refractivity contribution in [1.29, 1.82) is 0 Å². The molecule has 4 heteroatoms. The Morgan fingerprint density at radius 3 is 2.38 bits per heavy atom. The molecule has 1 heterocycles. The van der Waals surface area contributed by atoms with Gasteiger partial charge in [-0.15, -0.1) is 0 Å². The molecule has 0 radical (unpaired) electrons. The van der Waals surface area contributed by atoms with Gasteiger partial charge >= 0.3 is 6.01 Å². The van der Waals surface area contributed by atoms with Crippen molar-refractivity contribution in [2.75, 3.05) is 6.61 Å². The zero-order chi connectivity index (χ0) is 14.5. The lowest BCUT2D eigenvalue weighted by Gasteiger charge is -2.33. The van der Waals surface area contributed by atoms with E-state index in [2.05, 4.69) is 21.8 Å². The molecule has 1 aliphatic rings. The number of aromatic nitrogens is 2. The topological polar surface area (TPSA) is 55.2 Å². The highest BCUT2D eigenvalue weighted by Crippen LogP contribution is 2.29. The van der Waals surface area contributed by atoms with Gasteiger partial charge in [0.1, 0.15) is 6.10 Å². The Kier molecular flexibility index (Phi) is 4.13. The second-order valence-corrected chi connectivity index (χ2v) is 5.13. The van der Waals surface area contributed by atoms with Crippen molar-refractivity contribution in [3.8, 4) is 17.9 Å². The number of hydrogen-bond donors (Lipinski definition) is 1. The monoisotopic (exact) mass is 280 g/mol. The van der Waals surface area contributed by atoms with Gasteiger partial charge in [0.15, 0.2) is 0 Å². The third-order valence-electron chi connectivity index (χ3n) is 3.48. The summed E-state index contributed by atoms with van der Waals surface area (Å²) in [4.78, 5) is 8.33. The summed E-state index contributed by atoms with van der Waals surface area (Å²) in [6.07, 6.45) is 5.20. The molecule has 0 amide bonds. The summed E-state index contributed by atoms with van der Waals surface area (Å²) >= 11 is 0. The van der Waals surface area contributed by atoms with E-state index in [-0.39, 0.29) is 12.7 Å². The number of benzene rings is 1. The maximum absolute atomic E-state index is 8.96. The highest BCUT2D eigenvalue weighted by atomic mass is 16.5. The van der Waals surface area contributed by atoms with Gasteiger partial charge in [-0.05, 0) is 30.9 Å². The number of hydrogen-bond acceptors (Lipinski definition) is 4. The van der Waals surface area contributed by atoms with Crippen LogP contribution in [0, 0.1) is 17.8 Å². The second-order valence-electron chi connectivity index (χ2n) is 5.13. The van der Waals surface area contributed by atoms with Crippen molar-refractivity contribution < 1.29 is 9.84 Å². The highest BCUT2D eigenvalue weighted by molar-refractivity contribution is 5.40. The molecule has 3 rings (SSSR count). The molecule has 2 aromatic rings. The molecule has 0 spiro atoms. The Morgan fingerprint density at radius 2 is 1.71 bits per heavy atom. The SMILES string of the molecule is OCC1CC(Oc2ncc(C#Cc3ccccc3)cn2)C1. The number of rotatable bonds is 3. The van der Waals surface area contributed by atoms with E-state index in [4.69, 9.17) is 9.84 Å². The number of aliphatic hydroxyl groups excluding tert-OH is 1. The van der Waals surface area contributed by atoms with Crippen molar-refractivity contribution >= 4 is 0 Å². The van der Waals surface area contributed by atoms with Gasteiger partial charge in [0, 0.05) is 24.6 Å². The fourth-order valence-electron chi connectivity index (χ4n) is 2.18. The number of ether oxygens (including phenoxy) is 1. The van der Waals surface area contributed by atoms with Gasteiger partial charge in [0.05, 0.1) is 5.56 Å². The first kappa shape index (κ1) is 13.6. The van der Waals surface area contributed by atoms with Crippen LogP contribution >= 0.6 is 0 Å². The molecule has 21 heavy (non-hydrogen) atoms. The Bertz CT molecular complexity index is 638. The molecule has 1 aliphatic carbocycles. The van der Waals surface area contributed by atoms with Crippen LogP contribution < -0.4 is 4.74 Å². The minimum Gasteiger partial charge on any atom is -0.460 e. The molecule has 1 aromatic heterocycles. The van der Waals surface area contributed by atoms with Crippen molar-refractivity contribution in [2.45, 2.75) is 18.9 Å². The predicted octanol–water partition coefficient (Wildman–Crippen LogP) is 2.03. The largest absolute Gasteiger partial charge is 0.460 e. The Labute approximate surface area is 123 Å². The molecular formula is C17H16N2O2. The summed E-state index contributed by atoms with van der Waals surface area (Å²) in [5.41, 5.74) is 1.72. The first-order valence-electron chi connectivity index (χ1n) is 7.00. The average molecular weight is 280 g/mol. The van der Waals surface area contributed by atoms with E-state index in [1.807, 2.05) is 30.3 Å². The van der Waals surface area contributed by atoms with Gasteiger partial charge in [-0.2, -0.15) is 0 Å². The Balaban J connectivity index is 1.59. The molecular weight excluding hydrogens is 264 g/mol. The van der Waals surface area contributed by atoms with Crippen molar-refractivity contribution in [1.82, 2.24) is 9.97 Å². The summed E-state index contributed by atoms with van der Waals surface area (Å²) in [5, 5.41) is 8.96. The third kappa shape index (κ3) is 3.59. The van der Waals surface area contributed by atoms with E-state index >= 15 is 0 Å². The lowest BCUT2D eigenvalue weighted by atomic mass is 9.83. The summed E-state index contributed by atoms with van der Waals surface area (Å²) in [6, 6.07) is 10.2. The molecule has 4 nitrogen and oxygen atoms in total. The highest BCUT2D eigenvalue weighted by Gasteiger charge is 2.30. The van der Waals surface area contributed by atoms with Gasteiger partial charge in [0.2, 0.25) is 0 Å². The lowest BCUT2D eigenvalue weighted by molar-refractivity contribution is 0.0264. The van der Waals surface area contributed by atoms with Crippen LogP contribution in [-0.2, 0) is 0 Å². The van der Waals surface area contributed by atoms with Crippen LogP contribution in [0.4, 0.5) is 0 Å². The lowest BCUT2D eigenvalue weighted by Crippen LogP contribution is -2.36. The van der Waals surface area contributed by atoms with Crippen LogP contribution in [0.1, 0.15) is 24.0 Å². The first-order valence-corrected chi connectivity index (χ1v) is 7.00. The molecule has 1 aromatic carbocycles. The molecule has 0 unspecified atom stereocenters. The van der Waals surface area contributed by atoms with Gasteiger partial charge in [-0.25, -0.2) is 9.97 Å². The standard InChI is InChI=1S/C17H16N2O2/c20-12-15-8-16(9-15)21-17-18-10-14(11-19-17)7-6-13-4-2-1-3-5-13/h1-5,10-11,15-16,20H,8-9,12H2. The van der Waals surface area contributed by atoms with Crippen molar-refractivity contribution in [3.05, 3.63) is 53.9 Å². The maximum atomic E-state index is 8.96. The normalized spacial score (nSPS) is 20.0. The molecule has 0 aliphatic heterocycles. The van der Waals surface area contributed by atoms with E-state index in [1.54, 1.807) is 12.4 Å². The molecule has 0 atom stereocenters. The third-order valence-corrected chi connectivity index (χ3v) is 3.48. The zero-order valence-electron chi connectivity index (χ0n) is 11.6. The summed E-state index contributed by atoms with van der Waals surface area (Å²) in [6.45, 7) is 0.231. The Morgan fingerprint density at radius 1 is 1.05 bits per heavy atom. The smallest absolute Gasteiger partial charge is 0.316 e. The van der Waals surface area contributed by atoms with E-state index in [9.17, 15) is 0 Å². The quantitative estimate of drug-likeness (QED) is 0.874. The fourth-order valence-corrected chi connectivity index (χ4v) is 2.18. The van der Waals surface area contributed by atoms with Crippen LogP contribution in [0.25, 0.3) is 0 Å². The molecule has 1 fully saturated rings. The predicted molar refractivity (Wildman–Crippen MR) is 78.7 cm³/mol. The molecule has 1 saturated carbocycles. The molecule has 106 valence electrons. The van der Waals surface area contributed by atoms with E-state index in [0.29, 0.717) is 11.9 Å². The van der Waals surface area contributed by atoms with Crippen LogP contribution in [0.5, 0.6) is 6.01 Å². The summed E-state index contributed by atoms with van der Waals surface area (Å²) < 4.78 is 5.62. The van der Waals surface area contributed by atoms with Gasteiger partial charge < -0.3 is 9.84 Å². The van der Waals surface area contributed by atoms with E-state index < -0.39 is 0 Å². The number of aliphatic hydroxyl groups is 1. The van der Waals surface area contributed by atoms with Gasteiger partial charge in [-0.3, -0.25) is 0 Å². The number of nitrogens with zero attached hydrogens (tertiary/aromatic N) is 2. The maximum Gasteiger partial charge on any atom is 0.316 e. The molecule has 1 N–H and O–H groups in total. The summed E-state index contributed by atoms with van der Waals surface area (Å²) in [7, 11) is 0. The van der Waals surface area contributed by atoms with Crippen LogP contribution in [0.3, 0.4) is 0 Å². The Hall–Kier alpha value is -2.38. The average Bonchev–Trinajstić information content (AvgIpc) is 2.50. The minimum atomic E-state index is 0.128. The van der Waals surface area contributed by atoms with Gasteiger partial charge in [0.25, 0.3) is 0 Å². The van der Waals surface area contributed by atoms with Crippen LogP contribution in [-0.4, -0.2) is 27.8 Å². The van der Waals surface area contributed by atoms with Crippen LogP contribution in [0.2, 0.25) is 0 Å². The van der Waals surface area contributed by atoms with Crippen molar-refractivity contribution in [2.24, 2.45) is 5.92 Å². The van der Waals surface area contributed by atoms with Gasteiger partial charge in [-0.1, -0.05) is 30.0 Å². The molecule has 0 bridgehead atoms. The molecule has 0 saturated heterocycles. The van der Waals surface area contributed by atoms with Crippen molar-refractivity contribution in [3.63, 3.8) is 0 Å². The first-order chi connectivity index (χ1) is 10.3. The fraction of sp³-hybridized carbons (Fsp3) is 0.294. The zero-order valence-corrected chi connectivity index (χ0v) is 11.6. The summed E-state index contributed by atoms with van der Waals surface area (Å²) in [5.74, 6) is 6.45. The minimum absolute atomic E-state index is 0.128. The van der Waals surface area contributed by atoms with Crippen LogP contribution in [0.15, 0.2) is 42.7 Å².